The lowest BCUT2D eigenvalue weighted by Crippen LogP contribution is -2.49. The van der Waals surface area contributed by atoms with Crippen molar-refractivity contribution >= 4 is 15.9 Å². The van der Waals surface area contributed by atoms with Gasteiger partial charge < -0.3 is 10.5 Å². The lowest BCUT2D eigenvalue weighted by Gasteiger charge is -2.34. The molecule has 7 heteroatoms. The second-order valence-corrected chi connectivity index (χ2v) is 7.13. The Kier molecular flexibility index (Phi) is 4.97. The number of nitrogens with two attached hydrogens (primary N) is 1. The molecule has 2 rings (SSSR count). The Morgan fingerprint density at radius 2 is 1.86 bits per heavy atom. The zero-order chi connectivity index (χ0) is 15.3. The number of carbonyl (C=O) groups is 1. The van der Waals surface area contributed by atoms with Crippen molar-refractivity contribution < 1.29 is 17.9 Å². The van der Waals surface area contributed by atoms with Crippen molar-refractivity contribution in [2.24, 2.45) is 11.1 Å². The second kappa shape index (κ2) is 6.55. The molecule has 1 fully saturated rings. The van der Waals surface area contributed by atoms with Crippen LogP contribution in [-0.4, -0.2) is 34.1 Å². The van der Waals surface area contributed by atoms with Crippen molar-refractivity contribution in [2.75, 3.05) is 19.8 Å². The quantitative estimate of drug-likeness (QED) is 0.793. The number of nitrogens with one attached hydrogen (secondary N) is 1. The van der Waals surface area contributed by atoms with E-state index in [1.807, 2.05) is 6.07 Å². The Morgan fingerprint density at radius 3 is 2.43 bits per heavy atom. The maximum Gasteiger partial charge on any atom is 0.225 e. The van der Waals surface area contributed by atoms with Gasteiger partial charge in [-0.15, -0.1) is 0 Å². The number of rotatable bonds is 6. The summed E-state index contributed by atoms with van der Waals surface area (Å²) in [5.41, 5.74) is 5.31. The first-order valence-corrected chi connectivity index (χ1v) is 8.48. The molecule has 1 aromatic carbocycles. The molecule has 0 bridgehead atoms. The van der Waals surface area contributed by atoms with Gasteiger partial charge in [-0.05, 0) is 18.4 Å². The fraction of sp³-hybridized carbons (Fsp3) is 0.500. The lowest BCUT2D eigenvalue weighted by molar-refractivity contribution is -0.132. The Hall–Kier alpha value is -1.44. The van der Waals surface area contributed by atoms with Gasteiger partial charge in [0.25, 0.3) is 0 Å². The fourth-order valence-electron chi connectivity index (χ4n) is 2.37. The Balaban J connectivity index is 2.01. The Bertz CT molecular complexity index is 580. The van der Waals surface area contributed by atoms with Crippen LogP contribution in [-0.2, 0) is 25.3 Å². The molecule has 1 saturated heterocycles. The van der Waals surface area contributed by atoms with E-state index in [-0.39, 0.29) is 12.3 Å². The van der Waals surface area contributed by atoms with E-state index >= 15 is 0 Å². The van der Waals surface area contributed by atoms with Gasteiger partial charge in [-0.25, -0.2) is 13.1 Å². The van der Waals surface area contributed by atoms with Crippen molar-refractivity contribution in [3.8, 4) is 0 Å². The summed E-state index contributed by atoms with van der Waals surface area (Å²) in [5, 5.41) is 0. The number of amides is 1. The minimum Gasteiger partial charge on any atom is -0.381 e. The molecule has 1 heterocycles. The van der Waals surface area contributed by atoms with Crippen molar-refractivity contribution in [1.82, 2.24) is 4.72 Å². The molecular weight excluding hydrogens is 292 g/mol. The van der Waals surface area contributed by atoms with Gasteiger partial charge in [0.05, 0.1) is 11.2 Å². The maximum absolute atomic E-state index is 12.1. The van der Waals surface area contributed by atoms with Gasteiger partial charge in [0.1, 0.15) is 0 Å². The van der Waals surface area contributed by atoms with Crippen LogP contribution in [0.5, 0.6) is 0 Å². The number of benzene rings is 1. The van der Waals surface area contributed by atoms with E-state index in [0.717, 1.165) is 0 Å². The first-order valence-electron chi connectivity index (χ1n) is 6.82. The summed E-state index contributed by atoms with van der Waals surface area (Å²) in [5.74, 6) is -0.590. The van der Waals surface area contributed by atoms with Gasteiger partial charge in [0.15, 0.2) is 0 Å². The van der Waals surface area contributed by atoms with Crippen molar-refractivity contribution in [3.63, 3.8) is 0 Å². The van der Waals surface area contributed by atoms with Gasteiger partial charge in [-0.1, -0.05) is 30.3 Å². The number of hydrogen-bond donors (Lipinski definition) is 2. The number of primary amides is 1. The number of sulfonamides is 1. The van der Waals surface area contributed by atoms with Crippen LogP contribution in [0.3, 0.4) is 0 Å². The minimum absolute atomic E-state index is 0.0286. The van der Waals surface area contributed by atoms with Gasteiger partial charge >= 0.3 is 0 Å². The summed E-state index contributed by atoms with van der Waals surface area (Å²) in [6.07, 6.45) is 0.881. The van der Waals surface area contributed by atoms with Crippen molar-refractivity contribution in [1.29, 1.82) is 0 Å². The van der Waals surface area contributed by atoms with E-state index in [4.69, 9.17) is 10.5 Å². The van der Waals surface area contributed by atoms with Crippen LogP contribution in [0.25, 0.3) is 0 Å². The normalized spacial score (nSPS) is 18.3. The van der Waals surface area contributed by atoms with Crippen LogP contribution < -0.4 is 10.5 Å². The third-order valence-corrected chi connectivity index (χ3v) is 5.10. The van der Waals surface area contributed by atoms with Crippen LogP contribution in [0.4, 0.5) is 0 Å². The first kappa shape index (κ1) is 15.9. The monoisotopic (exact) mass is 312 g/mol. The molecule has 1 amide bonds. The molecule has 3 N–H and O–H groups in total. The molecule has 0 aliphatic carbocycles. The molecule has 0 atom stereocenters. The van der Waals surface area contributed by atoms with Crippen LogP contribution in [0, 0.1) is 5.41 Å². The second-order valence-electron chi connectivity index (χ2n) is 5.32. The molecule has 0 unspecified atom stereocenters. The summed E-state index contributed by atoms with van der Waals surface area (Å²) >= 11 is 0. The van der Waals surface area contributed by atoms with Crippen molar-refractivity contribution in [3.05, 3.63) is 35.9 Å². The SMILES string of the molecule is NC(=O)C1(CNS(=O)(=O)Cc2ccccc2)CCOCC1. The smallest absolute Gasteiger partial charge is 0.225 e. The van der Waals surface area contributed by atoms with E-state index in [1.54, 1.807) is 24.3 Å². The maximum atomic E-state index is 12.1. The van der Waals surface area contributed by atoms with Crippen LogP contribution >= 0.6 is 0 Å². The highest BCUT2D eigenvalue weighted by Gasteiger charge is 2.39. The van der Waals surface area contributed by atoms with E-state index in [2.05, 4.69) is 4.72 Å². The average molecular weight is 312 g/mol. The number of ether oxygens (including phenoxy) is 1. The molecule has 116 valence electrons. The van der Waals surface area contributed by atoms with E-state index in [9.17, 15) is 13.2 Å². The van der Waals surface area contributed by atoms with Crippen LogP contribution in [0.2, 0.25) is 0 Å². The molecule has 1 aliphatic rings. The van der Waals surface area contributed by atoms with E-state index in [1.165, 1.54) is 0 Å². The van der Waals surface area contributed by atoms with Gasteiger partial charge in [0, 0.05) is 19.8 Å². The van der Waals surface area contributed by atoms with Crippen LogP contribution in [0.1, 0.15) is 18.4 Å². The Labute approximate surface area is 124 Å². The summed E-state index contributed by atoms with van der Waals surface area (Å²) in [7, 11) is -3.50. The molecule has 0 aromatic heterocycles. The van der Waals surface area contributed by atoms with E-state index in [0.29, 0.717) is 31.6 Å². The Morgan fingerprint density at radius 1 is 1.24 bits per heavy atom. The first-order chi connectivity index (χ1) is 9.94. The molecule has 0 saturated carbocycles. The zero-order valence-electron chi connectivity index (χ0n) is 11.7. The predicted molar refractivity (Wildman–Crippen MR) is 78.7 cm³/mol. The lowest BCUT2D eigenvalue weighted by atomic mass is 9.80. The molecule has 0 radical (unpaired) electrons. The van der Waals surface area contributed by atoms with Crippen molar-refractivity contribution in [2.45, 2.75) is 18.6 Å². The average Bonchev–Trinajstić information content (AvgIpc) is 2.47. The van der Waals surface area contributed by atoms with Gasteiger partial charge in [-0.2, -0.15) is 0 Å². The topological polar surface area (TPSA) is 98.5 Å². The molecule has 0 spiro atoms. The highest BCUT2D eigenvalue weighted by Crippen LogP contribution is 2.29. The standard InChI is InChI=1S/C14H20N2O4S/c15-13(17)14(6-8-20-9-7-14)11-16-21(18,19)10-12-4-2-1-3-5-12/h1-5,16H,6-11H2,(H2,15,17). The highest BCUT2D eigenvalue weighted by molar-refractivity contribution is 7.88. The predicted octanol–water partition coefficient (Wildman–Crippen LogP) is 0.388. The summed E-state index contributed by atoms with van der Waals surface area (Å²) in [4.78, 5) is 11.7. The summed E-state index contributed by atoms with van der Waals surface area (Å²) < 4.78 is 32.0. The minimum atomic E-state index is -3.50. The third-order valence-electron chi connectivity index (χ3n) is 3.80. The van der Waals surface area contributed by atoms with Gasteiger partial charge in [-0.3, -0.25) is 4.79 Å². The molecular formula is C14H20N2O4S. The molecule has 6 nitrogen and oxygen atoms in total. The zero-order valence-corrected chi connectivity index (χ0v) is 12.6. The van der Waals surface area contributed by atoms with E-state index < -0.39 is 21.3 Å². The number of carbonyl (C=O) groups excluding carboxylic acids is 1. The third kappa shape index (κ3) is 4.26. The fourth-order valence-corrected chi connectivity index (χ4v) is 3.59. The summed E-state index contributed by atoms with van der Waals surface area (Å²) in [6.45, 7) is 0.869. The molecule has 21 heavy (non-hydrogen) atoms. The molecule has 1 aromatic rings. The molecule has 1 aliphatic heterocycles. The van der Waals surface area contributed by atoms with Gasteiger partial charge in [0.2, 0.25) is 15.9 Å². The van der Waals surface area contributed by atoms with Crippen LogP contribution in [0.15, 0.2) is 30.3 Å². The largest absolute Gasteiger partial charge is 0.381 e. The summed E-state index contributed by atoms with van der Waals surface area (Å²) in [6, 6.07) is 8.89. The number of hydrogen-bond acceptors (Lipinski definition) is 4. The highest BCUT2D eigenvalue weighted by atomic mass is 32.2.